The predicted octanol–water partition coefficient (Wildman–Crippen LogP) is -9.54. The van der Waals surface area contributed by atoms with Crippen molar-refractivity contribution in [2.24, 2.45) is 0 Å². The topological polar surface area (TPSA) is 0 Å². The first-order valence-electron chi connectivity index (χ1n) is 0. The number of hydrogen-bond donors (Lipinski definition) is 0. The molecule has 0 bridgehead atoms. The summed E-state index contributed by atoms with van der Waals surface area (Å²) in [6, 6.07) is 0. The molecule has 0 aromatic rings. The second-order valence-corrected chi connectivity index (χ2v) is 0. The fourth-order valence-electron chi connectivity index (χ4n) is 0. The van der Waals surface area contributed by atoms with Gasteiger partial charge in [-0.3, -0.25) is 0 Å². The van der Waals surface area contributed by atoms with E-state index >= 15 is 0 Å². The first-order valence-corrected chi connectivity index (χ1v) is 0. The van der Waals surface area contributed by atoms with E-state index in [9.17, 15) is 0 Å². The molecule has 0 radical (unpaired) electrons. The van der Waals surface area contributed by atoms with E-state index in [1.165, 1.54) is 0 Å². The summed E-state index contributed by atoms with van der Waals surface area (Å²) in [6.45, 7) is 0. The summed E-state index contributed by atoms with van der Waals surface area (Å²) in [5.41, 5.74) is 0. The van der Waals surface area contributed by atoms with Gasteiger partial charge in [0.1, 0.15) is 0 Å². The molecule has 0 heterocycles. The first-order chi connectivity index (χ1) is 0. The van der Waals surface area contributed by atoms with Gasteiger partial charge in [-0.2, -0.15) is 0 Å². The summed E-state index contributed by atoms with van der Waals surface area (Å²) in [4.78, 5) is 0. The van der Waals surface area contributed by atoms with Gasteiger partial charge in [0.25, 0.3) is 0 Å². The first kappa shape index (κ1) is 37.3. The Labute approximate surface area is 124 Å². The van der Waals surface area contributed by atoms with E-state index in [0.717, 1.165) is 0 Å². The van der Waals surface area contributed by atoms with Gasteiger partial charge in [-0.05, 0) is 0 Å². The molecular formula is H9B2KNa2. The Balaban J connectivity index is 0. The molecule has 0 spiro atoms. The molecule has 0 saturated carbocycles. The van der Waals surface area contributed by atoms with Crippen LogP contribution in [-0.4, -0.2) is 68.2 Å². The smallest absolute Gasteiger partial charge is 1.00 e. The van der Waals surface area contributed by atoms with Gasteiger partial charge in [-0.15, -0.1) is 0 Å². The van der Waals surface area contributed by atoms with Crippen LogP contribution in [0.25, 0.3) is 0 Å². The summed E-state index contributed by atoms with van der Waals surface area (Å²) in [7, 11) is 0. The van der Waals surface area contributed by atoms with E-state index in [1.807, 2.05) is 0 Å². The molecule has 0 aliphatic heterocycles. The van der Waals surface area contributed by atoms with Crippen LogP contribution in [-0.2, 0) is 0 Å². The van der Waals surface area contributed by atoms with E-state index in [2.05, 4.69) is 0 Å². The van der Waals surface area contributed by atoms with Crippen molar-refractivity contribution in [3.63, 3.8) is 0 Å². The molecule has 0 amide bonds. The maximum atomic E-state index is 0. The zero-order valence-electron chi connectivity index (χ0n) is 2.00. The number of rotatable bonds is 0. The van der Waals surface area contributed by atoms with E-state index < -0.39 is 0 Å². The Morgan fingerprint density at radius 2 is 0.600 bits per heavy atom. The zero-order chi connectivity index (χ0) is 0. The Hall–Kier alpha value is 3.77. The molecule has 0 aliphatic rings. The third-order valence-electron chi connectivity index (χ3n) is 0. The Bertz CT molecular complexity index is 7.61. The van der Waals surface area contributed by atoms with Crippen molar-refractivity contribution in [2.45, 2.75) is 0 Å². The molecule has 0 aliphatic carbocycles. The van der Waals surface area contributed by atoms with Crippen LogP contribution < -0.4 is 59.1 Å². The van der Waals surface area contributed by atoms with Gasteiger partial charge >= 0.3 is 110 Å². The Morgan fingerprint density at radius 1 is 0.600 bits per heavy atom. The minimum Gasteiger partial charge on any atom is 1.00 e. The number of hydrogen-bond acceptors (Lipinski definition) is 0. The van der Waals surface area contributed by atoms with Crippen molar-refractivity contribution < 1.29 is 59.1 Å². The van der Waals surface area contributed by atoms with Crippen LogP contribution in [0, 0.1) is 0 Å². The fraction of sp³-hybridized carbons (Fsp3) is 0. The van der Waals surface area contributed by atoms with E-state index in [1.54, 1.807) is 0 Å². The van der Waals surface area contributed by atoms with Crippen molar-refractivity contribution in [3.05, 3.63) is 0 Å². The Morgan fingerprint density at radius 3 is 0.600 bits per heavy atom. The normalized spacial score (nSPS) is 0. The molecule has 0 nitrogen and oxygen atoms in total. The molecule has 0 aromatic carbocycles. The van der Waals surface area contributed by atoms with E-state index in [4.69, 9.17) is 0 Å². The van der Waals surface area contributed by atoms with Crippen LogP contribution in [0.3, 0.4) is 0 Å². The van der Waals surface area contributed by atoms with Crippen LogP contribution in [0.5, 0.6) is 0 Å². The fourth-order valence-corrected chi connectivity index (χ4v) is 0. The molecule has 0 N–H and O–H groups in total. The van der Waals surface area contributed by atoms with Gasteiger partial charge in [-0.25, -0.2) is 0 Å². The third kappa shape index (κ3) is 18.2. The third-order valence-corrected chi connectivity index (χ3v) is 0. The summed E-state index contributed by atoms with van der Waals surface area (Å²) in [5, 5.41) is 0. The van der Waals surface area contributed by atoms with Crippen LogP contribution >= 0.6 is 0 Å². The summed E-state index contributed by atoms with van der Waals surface area (Å²) in [6.07, 6.45) is 0. The minimum atomic E-state index is 0. The van der Waals surface area contributed by atoms with E-state index in [-0.39, 0.29) is 127 Å². The van der Waals surface area contributed by atoms with Crippen molar-refractivity contribution >= 4 is 68.2 Å². The summed E-state index contributed by atoms with van der Waals surface area (Å²) in [5.74, 6) is 0. The van der Waals surface area contributed by atoms with Gasteiger partial charge < -0.3 is 0 Å². The van der Waals surface area contributed by atoms with Crippen molar-refractivity contribution in [2.75, 3.05) is 0 Å². The predicted molar refractivity (Wildman–Crippen MR) is 29.8 cm³/mol. The van der Waals surface area contributed by atoms with Gasteiger partial charge in [-0.1, -0.05) is 16.8 Å². The van der Waals surface area contributed by atoms with Gasteiger partial charge in [0, 0.05) is 0 Å². The van der Waals surface area contributed by atoms with E-state index in [0.29, 0.717) is 0 Å². The minimum absolute atomic E-state index is 0. The van der Waals surface area contributed by atoms with Gasteiger partial charge in [0.05, 0.1) is 0 Å². The summed E-state index contributed by atoms with van der Waals surface area (Å²) < 4.78 is 0. The maximum Gasteiger partial charge on any atom is 1.00 e. The van der Waals surface area contributed by atoms with Crippen LogP contribution in [0.1, 0.15) is 0 Å². The maximum absolute atomic E-state index is 0. The average Bonchev–Trinajstić information content (AvgIpc) is 0. The second-order valence-electron chi connectivity index (χ2n) is 0. The Kier molecular flexibility index (Phi) is 187. The largest absolute Gasteiger partial charge is 1.00 e. The van der Waals surface area contributed by atoms with Crippen LogP contribution in [0.15, 0.2) is 0 Å². The van der Waals surface area contributed by atoms with Crippen LogP contribution in [0.4, 0.5) is 0 Å². The van der Waals surface area contributed by atoms with Crippen molar-refractivity contribution in [1.82, 2.24) is 0 Å². The SMILES string of the molecule is [BH4-].[BH4-].[KH].[Na+].[Na+]. The van der Waals surface area contributed by atoms with Gasteiger partial charge in [0.2, 0.25) is 0 Å². The molecule has 18 valence electrons. The second kappa shape index (κ2) is 25.1. The quantitative estimate of drug-likeness (QED) is 0.275. The zero-order valence-corrected chi connectivity index (χ0v) is 6.00. The monoisotopic (exact) mass is 116 g/mol. The van der Waals surface area contributed by atoms with Crippen LogP contribution in [0.2, 0.25) is 0 Å². The molecule has 5 heavy (non-hydrogen) atoms. The average molecular weight is 116 g/mol. The molecular weight excluding hydrogens is 107 g/mol. The standard InChI is InChI=1S/2BH4.K.2Na.H/h2*1H4;;;;/q2*-1;;2*+1;. The molecule has 0 aromatic heterocycles. The molecule has 0 rings (SSSR count). The molecule has 0 saturated heterocycles. The molecule has 5 heteroatoms. The molecule has 0 atom stereocenters. The van der Waals surface area contributed by atoms with Gasteiger partial charge in [0.15, 0.2) is 0 Å². The molecule has 0 fully saturated rings. The van der Waals surface area contributed by atoms with Crippen molar-refractivity contribution in [3.8, 4) is 0 Å². The molecule has 0 unspecified atom stereocenters. The van der Waals surface area contributed by atoms with Crippen molar-refractivity contribution in [1.29, 1.82) is 0 Å². The summed E-state index contributed by atoms with van der Waals surface area (Å²) >= 11 is 0.